The highest BCUT2D eigenvalue weighted by atomic mass is 32.2. The highest BCUT2D eigenvalue weighted by Crippen LogP contribution is 2.41. The minimum absolute atomic E-state index is 0.0223. The van der Waals surface area contributed by atoms with Gasteiger partial charge in [-0.25, -0.2) is 23.4 Å². The zero-order valence-corrected chi connectivity index (χ0v) is 21.1. The molecule has 188 valence electrons. The lowest BCUT2D eigenvalue weighted by Gasteiger charge is -2.17. The van der Waals surface area contributed by atoms with Crippen molar-refractivity contribution in [1.29, 1.82) is 0 Å². The molecule has 2 aromatic carbocycles. The van der Waals surface area contributed by atoms with Gasteiger partial charge < -0.3 is 14.2 Å². The predicted molar refractivity (Wildman–Crippen MR) is 137 cm³/mol. The van der Waals surface area contributed by atoms with Crippen LogP contribution in [0.15, 0.2) is 71.9 Å². The molecule has 2 heterocycles. The minimum Gasteiger partial charge on any atom is -0.493 e. The van der Waals surface area contributed by atoms with Crippen LogP contribution in [0.4, 0.5) is 5.82 Å². The van der Waals surface area contributed by atoms with E-state index in [2.05, 4.69) is 36.5 Å². The molecule has 2 aromatic heterocycles. The van der Waals surface area contributed by atoms with E-state index in [9.17, 15) is 8.42 Å². The topological polar surface area (TPSA) is 125 Å². The quantitative estimate of drug-likeness (QED) is 0.324. The van der Waals surface area contributed by atoms with Crippen LogP contribution in [-0.4, -0.2) is 42.1 Å². The molecule has 10 nitrogen and oxygen atoms in total. The molecule has 0 spiro atoms. The molecule has 0 bridgehead atoms. The third kappa shape index (κ3) is 6.12. The van der Waals surface area contributed by atoms with E-state index in [1.165, 1.54) is 31.6 Å². The molecule has 0 aliphatic rings. The van der Waals surface area contributed by atoms with Crippen molar-refractivity contribution in [3.63, 3.8) is 0 Å². The number of ether oxygens (including phenoxy) is 3. The van der Waals surface area contributed by atoms with Crippen molar-refractivity contribution in [2.75, 3.05) is 18.4 Å². The van der Waals surface area contributed by atoms with Gasteiger partial charge in [0.05, 0.1) is 12.0 Å². The summed E-state index contributed by atoms with van der Waals surface area (Å²) >= 11 is 0. The Kier molecular flexibility index (Phi) is 7.80. The number of anilines is 1. The number of benzene rings is 2. The van der Waals surface area contributed by atoms with E-state index in [1.807, 2.05) is 6.92 Å². The second-order valence-corrected chi connectivity index (χ2v) is 9.17. The number of aryl methyl sites for hydroxylation is 1. The molecule has 0 atom stereocenters. The maximum Gasteiger partial charge on any atom is 0.264 e. The monoisotopic (exact) mass is 517 g/mol. The summed E-state index contributed by atoms with van der Waals surface area (Å²) in [4.78, 5) is 17.2. The molecule has 0 aliphatic heterocycles. The van der Waals surface area contributed by atoms with Crippen molar-refractivity contribution in [2.45, 2.75) is 18.7 Å². The first kappa shape index (κ1) is 25.4. The first-order chi connectivity index (χ1) is 17.9. The minimum atomic E-state index is -4.08. The third-order valence-corrected chi connectivity index (χ3v) is 6.26. The lowest BCUT2D eigenvalue weighted by Crippen LogP contribution is -2.16. The Morgan fingerprint density at radius 1 is 0.919 bits per heavy atom. The smallest absolute Gasteiger partial charge is 0.264 e. The molecule has 37 heavy (non-hydrogen) atoms. The molecule has 0 unspecified atom stereocenters. The van der Waals surface area contributed by atoms with E-state index >= 15 is 0 Å². The van der Waals surface area contributed by atoms with Gasteiger partial charge >= 0.3 is 0 Å². The standard InChI is InChI=1S/C26H23N5O5S/c1-4-5-17-35-26-22(36-21-10-7-6-9-20(21)34-3)23(29-25(30-26)24-27-15-8-16-28-24)31-37(32,33)19-13-11-18(2)12-14-19/h6-16H,17H2,1-3H3,(H,29,30,31). The molecule has 0 saturated carbocycles. The van der Waals surface area contributed by atoms with E-state index in [0.29, 0.717) is 11.5 Å². The fourth-order valence-corrected chi connectivity index (χ4v) is 4.10. The molecular weight excluding hydrogens is 494 g/mol. The van der Waals surface area contributed by atoms with Crippen molar-refractivity contribution in [2.24, 2.45) is 0 Å². The number of rotatable bonds is 9. The Morgan fingerprint density at radius 2 is 1.62 bits per heavy atom. The summed E-state index contributed by atoms with van der Waals surface area (Å²) in [7, 11) is -2.59. The lowest BCUT2D eigenvalue weighted by atomic mass is 10.2. The van der Waals surface area contributed by atoms with Gasteiger partial charge in [0.1, 0.15) is 0 Å². The molecule has 0 fully saturated rings. The molecule has 11 heteroatoms. The number of nitrogens with zero attached hydrogens (tertiary/aromatic N) is 4. The Labute approximate surface area is 214 Å². The van der Waals surface area contributed by atoms with Crippen LogP contribution in [0, 0.1) is 18.8 Å². The highest BCUT2D eigenvalue weighted by Gasteiger charge is 2.25. The molecular formula is C26H23N5O5S. The fourth-order valence-electron chi connectivity index (χ4n) is 3.10. The van der Waals surface area contributed by atoms with Crippen molar-refractivity contribution in [3.8, 4) is 46.6 Å². The van der Waals surface area contributed by atoms with Crippen LogP contribution in [0.1, 0.15) is 12.5 Å². The predicted octanol–water partition coefficient (Wildman–Crippen LogP) is 4.25. The second-order valence-electron chi connectivity index (χ2n) is 7.49. The summed E-state index contributed by atoms with van der Waals surface area (Å²) in [5, 5.41) is 0. The zero-order chi connectivity index (χ0) is 26.3. The van der Waals surface area contributed by atoms with Crippen LogP contribution >= 0.6 is 0 Å². The summed E-state index contributed by atoms with van der Waals surface area (Å²) in [6, 6.07) is 14.9. The van der Waals surface area contributed by atoms with Crippen LogP contribution in [0.2, 0.25) is 0 Å². The Bertz CT molecular complexity index is 1550. The van der Waals surface area contributed by atoms with Crippen LogP contribution in [0.3, 0.4) is 0 Å². The molecule has 4 aromatic rings. The van der Waals surface area contributed by atoms with Crippen molar-refractivity contribution in [1.82, 2.24) is 19.9 Å². The van der Waals surface area contributed by atoms with Gasteiger partial charge in [-0.15, -0.1) is 5.92 Å². The number of sulfonamides is 1. The largest absolute Gasteiger partial charge is 0.493 e. The molecule has 4 rings (SSSR count). The normalized spacial score (nSPS) is 10.7. The number of hydrogen-bond donors (Lipinski definition) is 1. The number of nitrogens with one attached hydrogen (secondary N) is 1. The summed E-state index contributed by atoms with van der Waals surface area (Å²) in [5.41, 5.74) is 0.914. The van der Waals surface area contributed by atoms with Gasteiger partial charge in [0.15, 0.2) is 29.7 Å². The van der Waals surface area contributed by atoms with Gasteiger partial charge in [-0.2, -0.15) is 4.98 Å². The summed E-state index contributed by atoms with van der Waals surface area (Å²) < 4.78 is 46.4. The SMILES string of the molecule is CC#CCOc1nc(-c2ncccn2)nc(NS(=O)(=O)c2ccc(C)cc2)c1Oc1ccccc1OC. The van der Waals surface area contributed by atoms with E-state index < -0.39 is 10.0 Å². The van der Waals surface area contributed by atoms with Gasteiger partial charge in [0.2, 0.25) is 11.6 Å². The third-order valence-electron chi connectivity index (χ3n) is 4.90. The summed E-state index contributed by atoms with van der Waals surface area (Å²) in [6.45, 7) is 3.50. The average Bonchev–Trinajstić information content (AvgIpc) is 2.91. The van der Waals surface area contributed by atoms with Gasteiger partial charge in [0, 0.05) is 12.4 Å². The van der Waals surface area contributed by atoms with E-state index in [1.54, 1.807) is 49.4 Å². The van der Waals surface area contributed by atoms with E-state index in [-0.39, 0.29) is 40.6 Å². The Balaban J connectivity index is 1.89. The van der Waals surface area contributed by atoms with Crippen LogP contribution < -0.4 is 18.9 Å². The zero-order valence-electron chi connectivity index (χ0n) is 20.3. The van der Waals surface area contributed by atoms with E-state index in [4.69, 9.17) is 14.2 Å². The maximum absolute atomic E-state index is 13.3. The van der Waals surface area contributed by atoms with Crippen molar-refractivity contribution < 1.29 is 22.6 Å². The first-order valence-corrected chi connectivity index (χ1v) is 12.5. The number of para-hydroxylation sites is 2. The Morgan fingerprint density at radius 3 is 2.30 bits per heavy atom. The number of methoxy groups -OCH3 is 1. The van der Waals surface area contributed by atoms with Crippen LogP contribution in [0.25, 0.3) is 11.6 Å². The van der Waals surface area contributed by atoms with E-state index in [0.717, 1.165) is 5.56 Å². The summed E-state index contributed by atoms with van der Waals surface area (Å²) in [5.74, 6) is 6.08. The second kappa shape index (κ2) is 11.4. The highest BCUT2D eigenvalue weighted by molar-refractivity contribution is 7.92. The van der Waals surface area contributed by atoms with Crippen molar-refractivity contribution in [3.05, 3.63) is 72.6 Å². The van der Waals surface area contributed by atoms with Crippen LogP contribution in [-0.2, 0) is 10.0 Å². The summed E-state index contributed by atoms with van der Waals surface area (Å²) in [6.07, 6.45) is 3.04. The van der Waals surface area contributed by atoms with Gasteiger partial charge in [0.25, 0.3) is 15.9 Å². The number of hydrogen-bond acceptors (Lipinski definition) is 9. The molecule has 1 N–H and O–H groups in total. The maximum atomic E-state index is 13.3. The van der Waals surface area contributed by atoms with Crippen molar-refractivity contribution >= 4 is 15.8 Å². The molecule has 0 radical (unpaired) electrons. The number of aromatic nitrogens is 4. The fraction of sp³-hybridized carbons (Fsp3) is 0.154. The van der Waals surface area contributed by atoms with Crippen LogP contribution in [0.5, 0.6) is 23.1 Å². The Hall–Kier alpha value is -4.69. The van der Waals surface area contributed by atoms with Gasteiger partial charge in [-0.3, -0.25) is 4.72 Å². The molecule has 0 saturated heterocycles. The molecule has 0 aliphatic carbocycles. The first-order valence-electron chi connectivity index (χ1n) is 11.0. The average molecular weight is 518 g/mol. The van der Waals surface area contributed by atoms with Gasteiger partial charge in [-0.05, 0) is 44.2 Å². The molecule has 0 amide bonds. The lowest BCUT2D eigenvalue weighted by molar-refractivity contribution is 0.324. The van der Waals surface area contributed by atoms with Gasteiger partial charge in [-0.1, -0.05) is 35.7 Å².